The molecular weight excluding hydrogens is 352 g/mol. The smallest absolute Gasteiger partial charge is 0.408 e. The van der Waals surface area contributed by atoms with Crippen LogP contribution >= 0.6 is 0 Å². The van der Waals surface area contributed by atoms with Gasteiger partial charge in [-0.3, -0.25) is 9.69 Å². The number of hydrogen-bond donors (Lipinski definition) is 1. The van der Waals surface area contributed by atoms with E-state index in [2.05, 4.69) is 10.2 Å². The van der Waals surface area contributed by atoms with E-state index in [1.54, 1.807) is 52.9 Å². The number of likely N-dealkylation sites (N-methyl/N-ethyl adjacent to an activating group) is 1. The molecule has 9 nitrogen and oxygen atoms in total. The SMILES string of the molecule is Cc1nnc(-c2ccc3c(c2)OCC(N(C(=O)O)C(C)(C)C)C(=O)N3C)o1. The van der Waals surface area contributed by atoms with E-state index in [-0.39, 0.29) is 12.5 Å². The Morgan fingerprint density at radius 3 is 2.59 bits per heavy atom. The van der Waals surface area contributed by atoms with Gasteiger partial charge in [0.15, 0.2) is 0 Å². The van der Waals surface area contributed by atoms with E-state index in [4.69, 9.17) is 9.15 Å². The lowest BCUT2D eigenvalue weighted by molar-refractivity contribution is -0.125. The van der Waals surface area contributed by atoms with Crippen LogP contribution in [0.15, 0.2) is 22.6 Å². The van der Waals surface area contributed by atoms with Crippen molar-refractivity contribution in [3.05, 3.63) is 24.1 Å². The lowest BCUT2D eigenvalue weighted by atomic mass is 10.0. The average Bonchev–Trinajstić information content (AvgIpc) is 2.97. The molecule has 1 unspecified atom stereocenters. The van der Waals surface area contributed by atoms with Crippen molar-refractivity contribution in [2.45, 2.75) is 39.3 Å². The quantitative estimate of drug-likeness (QED) is 0.860. The summed E-state index contributed by atoms with van der Waals surface area (Å²) in [5.41, 5.74) is 0.431. The van der Waals surface area contributed by atoms with Crippen molar-refractivity contribution in [2.24, 2.45) is 0 Å². The Kier molecular flexibility index (Phi) is 4.54. The molecular formula is C18H22N4O5. The van der Waals surface area contributed by atoms with E-state index < -0.39 is 17.7 Å². The first-order chi connectivity index (χ1) is 12.6. The minimum atomic E-state index is -1.18. The van der Waals surface area contributed by atoms with E-state index in [1.165, 1.54) is 4.90 Å². The summed E-state index contributed by atoms with van der Waals surface area (Å²) in [6.07, 6.45) is -1.18. The lowest BCUT2D eigenvalue weighted by Crippen LogP contribution is -2.58. The first-order valence-corrected chi connectivity index (χ1v) is 8.46. The van der Waals surface area contributed by atoms with Gasteiger partial charge >= 0.3 is 6.09 Å². The van der Waals surface area contributed by atoms with Crippen molar-refractivity contribution in [1.29, 1.82) is 0 Å². The van der Waals surface area contributed by atoms with Crippen LogP contribution in [0.4, 0.5) is 10.5 Å². The maximum absolute atomic E-state index is 13.0. The standard InChI is InChI=1S/C18H22N4O5/c1-10-19-20-15(27-10)11-6-7-12-14(8-11)26-9-13(16(23)21(12)5)22(17(24)25)18(2,3)4/h6-8,13H,9H2,1-5H3,(H,24,25). The molecule has 0 aliphatic carbocycles. The number of carboxylic acid groups (broad SMARTS) is 1. The molecule has 144 valence electrons. The number of nitrogens with zero attached hydrogens (tertiary/aromatic N) is 4. The van der Waals surface area contributed by atoms with Crippen LogP contribution in [0, 0.1) is 6.92 Å². The number of carbonyl (C=O) groups is 2. The number of benzene rings is 1. The minimum absolute atomic E-state index is 0.0912. The number of aryl methyl sites for hydroxylation is 1. The highest BCUT2D eigenvalue weighted by Gasteiger charge is 2.41. The van der Waals surface area contributed by atoms with Crippen LogP contribution in [0.1, 0.15) is 26.7 Å². The van der Waals surface area contributed by atoms with E-state index in [0.29, 0.717) is 28.8 Å². The fourth-order valence-corrected chi connectivity index (χ4v) is 3.11. The molecule has 0 spiro atoms. The average molecular weight is 374 g/mol. The zero-order valence-electron chi connectivity index (χ0n) is 15.9. The molecule has 0 saturated carbocycles. The van der Waals surface area contributed by atoms with Crippen molar-refractivity contribution in [3.63, 3.8) is 0 Å². The second-order valence-electron chi connectivity index (χ2n) is 7.36. The van der Waals surface area contributed by atoms with Crippen LogP contribution in [0.3, 0.4) is 0 Å². The van der Waals surface area contributed by atoms with Gasteiger partial charge in [-0.25, -0.2) is 4.79 Å². The summed E-state index contributed by atoms with van der Waals surface area (Å²) in [6.45, 7) is 6.82. The van der Waals surface area contributed by atoms with Gasteiger partial charge < -0.3 is 19.2 Å². The summed E-state index contributed by atoms with van der Waals surface area (Å²) in [5, 5.41) is 17.4. The predicted molar refractivity (Wildman–Crippen MR) is 96.8 cm³/mol. The largest absolute Gasteiger partial charge is 0.489 e. The summed E-state index contributed by atoms with van der Waals surface area (Å²) in [4.78, 5) is 27.3. The molecule has 9 heteroatoms. The van der Waals surface area contributed by atoms with Crippen molar-refractivity contribution in [2.75, 3.05) is 18.6 Å². The number of rotatable bonds is 2. The van der Waals surface area contributed by atoms with Gasteiger partial charge in [-0.15, -0.1) is 10.2 Å². The Balaban J connectivity index is 1.98. The number of anilines is 1. The van der Waals surface area contributed by atoms with Gasteiger partial charge in [0.25, 0.3) is 5.91 Å². The molecule has 1 aromatic carbocycles. The molecule has 2 heterocycles. The zero-order chi connectivity index (χ0) is 19.9. The molecule has 1 aliphatic rings. The molecule has 0 radical (unpaired) electrons. The molecule has 2 amide bonds. The van der Waals surface area contributed by atoms with Crippen molar-refractivity contribution in [1.82, 2.24) is 15.1 Å². The molecule has 1 aromatic heterocycles. The second-order valence-corrected chi connectivity index (χ2v) is 7.36. The van der Waals surface area contributed by atoms with Gasteiger partial charge in [0.2, 0.25) is 11.8 Å². The molecule has 2 aromatic rings. The van der Waals surface area contributed by atoms with Crippen LogP contribution < -0.4 is 9.64 Å². The van der Waals surface area contributed by atoms with Crippen LogP contribution in [0.2, 0.25) is 0 Å². The van der Waals surface area contributed by atoms with Crippen molar-refractivity contribution in [3.8, 4) is 17.2 Å². The van der Waals surface area contributed by atoms with Crippen LogP contribution in [0.5, 0.6) is 5.75 Å². The maximum Gasteiger partial charge on any atom is 0.408 e. The third-order valence-corrected chi connectivity index (χ3v) is 4.35. The Bertz CT molecular complexity index is 886. The number of fused-ring (bicyclic) bond motifs is 1. The fraction of sp³-hybridized carbons (Fsp3) is 0.444. The predicted octanol–water partition coefficient (Wildman–Crippen LogP) is 2.55. The first-order valence-electron chi connectivity index (χ1n) is 8.46. The fourth-order valence-electron chi connectivity index (χ4n) is 3.11. The Morgan fingerprint density at radius 1 is 1.33 bits per heavy atom. The van der Waals surface area contributed by atoms with E-state index >= 15 is 0 Å². The summed E-state index contributed by atoms with van der Waals surface area (Å²) in [7, 11) is 1.60. The monoisotopic (exact) mass is 374 g/mol. The van der Waals surface area contributed by atoms with Crippen LogP contribution in [-0.2, 0) is 4.79 Å². The zero-order valence-corrected chi connectivity index (χ0v) is 15.9. The Morgan fingerprint density at radius 2 is 2.04 bits per heavy atom. The lowest BCUT2D eigenvalue weighted by Gasteiger charge is -2.38. The van der Waals surface area contributed by atoms with Crippen molar-refractivity contribution < 1.29 is 23.8 Å². The molecule has 1 atom stereocenters. The van der Waals surface area contributed by atoms with E-state index in [1.807, 2.05) is 0 Å². The molecule has 0 bridgehead atoms. The van der Waals surface area contributed by atoms with Gasteiger partial charge in [-0.05, 0) is 39.0 Å². The highest BCUT2D eigenvalue weighted by molar-refractivity contribution is 6.00. The minimum Gasteiger partial charge on any atom is -0.489 e. The van der Waals surface area contributed by atoms with Crippen LogP contribution in [0.25, 0.3) is 11.5 Å². The third kappa shape index (κ3) is 3.44. The summed E-state index contributed by atoms with van der Waals surface area (Å²) >= 11 is 0. The van der Waals surface area contributed by atoms with Gasteiger partial charge in [0.1, 0.15) is 18.4 Å². The normalized spacial score (nSPS) is 17.1. The van der Waals surface area contributed by atoms with Gasteiger partial charge in [0.05, 0.1) is 5.69 Å². The van der Waals surface area contributed by atoms with Crippen LogP contribution in [-0.4, -0.2) is 57.4 Å². The van der Waals surface area contributed by atoms with E-state index in [9.17, 15) is 14.7 Å². The molecule has 1 N–H and O–H groups in total. The first kappa shape index (κ1) is 18.7. The Labute approximate surface area is 156 Å². The summed E-state index contributed by atoms with van der Waals surface area (Å²) in [6, 6.07) is 4.20. The topological polar surface area (TPSA) is 109 Å². The van der Waals surface area contributed by atoms with Gasteiger partial charge in [-0.1, -0.05) is 0 Å². The highest BCUT2D eigenvalue weighted by atomic mass is 16.5. The number of aromatic nitrogens is 2. The highest BCUT2D eigenvalue weighted by Crippen LogP contribution is 2.36. The summed E-state index contributed by atoms with van der Waals surface area (Å²) in [5.74, 6) is 0.874. The second kappa shape index (κ2) is 6.57. The Hall–Kier alpha value is -3.10. The van der Waals surface area contributed by atoms with Crippen molar-refractivity contribution >= 4 is 17.7 Å². The number of ether oxygens (including phenoxy) is 1. The molecule has 0 saturated heterocycles. The number of hydrogen-bond acceptors (Lipinski definition) is 6. The number of amides is 2. The molecule has 1 aliphatic heterocycles. The third-order valence-electron chi connectivity index (χ3n) is 4.35. The number of carbonyl (C=O) groups excluding carboxylic acids is 1. The van der Waals surface area contributed by atoms with Gasteiger partial charge in [-0.2, -0.15) is 0 Å². The molecule has 27 heavy (non-hydrogen) atoms. The molecule has 0 fully saturated rings. The summed E-state index contributed by atoms with van der Waals surface area (Å²) < 4.78 is 11.3. The van der Waals surface area contributed by atoms with E-state index in [0.717, 1.165) is 4.90 Å². The maximum atomic E-state index is 13.0. The van der Waals surface area contributed by atoms with Gasteiger partial charge in [0, 0.05) is 25.1 Å². The molecule has 3 rings (SSSR count).